The summed E-state index contributed by atoms with van der Waals surface area (Å²) in [5.41, 5.74) is 2.81. The molecular formula is C19H20N2O3. The lowest BCUT2D eigenvalue weighted by Crippen LogP contribution is -2.05. The number of nitrogens with zero attached hydrogens (tertiary/aromatic N) is 2. The van der Waals surface area contributed by atoms with Crippen LogP contribution >= 0.6 is 0 Å². The summed E-state index contributed by atoms with van der Waals surface area (Å²) in [6.45, 7) is 0.701. The second kappa shape index (κ2) is 7.08. The van der Waals surface area contributed by atoms with E-state index in [1.807, 2.05) is 47.1 Å². The Morgan fingerprint density at radius 1 is 1.00 bits per heavy atom. The third-order valence-corrected chi connectivity index (χ3v) is 3.96. The molecule has 0 amide bonds. The fourth-order valence-electron chi connectivity index (χ4n) is 2.70. The van der Waals surface area contributed by atoms with E-state index in [-0.39, 0.29) is 5.75 Å². The zero-order chi connectivity index (χ0) is 16.9. The standard InChI is InChI=1S/C19H20N2O3/c1-23-18-8-7-14(13-19(18)24-2)10-12-21-16(9-11-20-21)15-5-3-4-6-17(15)22/h3-9,11,13,22H,10,12H2,1-2H3. The average Bonchev–Trinajstić information content (AvgIpc) is 3.08. The van der Waals surface area contributed by atoms with Crippen LogP contribution in [-0.2, 0) is 13.0 Å². The predicted octanol–water partition coefficient (Wildman–Crippen LogP) is 3.52. The normalized spacial score (nSPS) is 10.6. The van der Waals surface area contributed by atoms with Crippen LogP contribution in [0.5, 0.6) is 17.2 Å². The first-order valence-electron chi connectivity index (χ1n) is 7.74. The number of ether oxygens (including phenoxy) is 2. The minimum atomic E-state index is 0.255. The molecular weight excluding hydrogens is 304 g/mol. The first-order valence-corrected chi connectivity index (χ1v) is 7.74. The third kappa shape index (κ3) is 3.20. The van der Waals surface area contributed by atoms with E-state index in [1.165, 1.54) is 0 Å². The number of para-hydroxylation sites is 1. The maximum atomic E-state index is 10.0. The Morgan fingerprint density at radius 3 is 2.54 bits per heavy atom. The molecule has 3 aromatic rings. The lowest BCUT2D eigenvalue weighted by molar-refractivity contribution is 0.354. The molecule has 0 bridgehead atoms. The van der Waals surface area contributed by atoms with Crippen molar-refractivity contribution in [3.8, 4) is 28.5 Å². The van der Waals surface area contributed by atoms with Gasteiger partial charge >= 0.3 is 0 Å². The van der Waals surface area contributed by atoms with Crippen molar-refractivity contribution in [1.82, 2.24) is 9.78 Å². The number of hydrogen-bond donors (Lipinski definition) is 1. The van der Waals surface area contributed by atoms with Crippen molar-refractivity contribution in [3.05, 3.63) is 60.3 Å². The van der Waals surface area contributed by atoms with E-state index >= 15 is 0 Å². The molecule has 0 aliphatic carbocycles. The number of aromatic hydroxyl groups is 1. The van der Waals surface area contributed by atoms with Crippen molar-refractivity contribution in [2.45, 2.75) is 13.0 Å². The van der Waals surface area contributed by atoms with E-state index in [2.05, 4.69) is 5.10 Å². The number of methoxy groups -OCH3 is 2. The smallest absolute Gasteiger partial charge is 0.160 e. The van der Waals surface area contributed by atoms with Gasteiger partial charge in [0.2, 0.25) is 0 Å². The quantitative estimate of drug-likeness (QED) is 0.754. The van der Waals surface area contributed by atoms with Crippen LogP contribution in [0.1, 0.15) is 5.56 Å². The van der Waals surface area contributed by atoms with E-state index in [1.54, 1.807) is 26.5 Å². The number of aryl methyl sites for hydroxylation is 2. The molecule has 24 heavy (non-hydrogen) atoms. The highest BCUT2D eigenvalue weighted by Gasteiger charge is 2.10. The molecule has 1 N–H and O–H groups in total. The molecule has 0 saturated heterocycles. The van der Waals surface area contributed by atoms with Gasteiger partial charge in [-0.25, -0.2) is 0 Å². The van der Waals surface area contributed by atoms with Gasteiger partial charge in [-0.3, -0.25) is 4.68 Å². The van der Waals surface area contributed by atoms with Crippen LogP contribution in [0.25, 0.3) is 11.3 Å². The highest BCUT2D eigenvalue weighted by molar-refractivity contribution is 5.66. The molecule has 1 heterocycles. The van der Waals surface area contributed by atoms with Gasteiger partial charge in [-0.05, 0) is 42.3 Å². The molecule has 0 aliphatic rings. The van der Waals surface area contributed by atoms with Gasteiger partial charge in [0.15, 0.2) is 11.5 Å². The lowest BCUT2D eigenvalue weighted by Gasteiger charge is -2.11. The summed E-state index contributed by atoms with van der Waals surface area (Å²) in [6.07, 6.45) is 2.54. The second-order valence-corrected chi connectivity index (χ2v) is 5.40. The van der Waals surface area contributed by atoms with Crippen LogP contribution in [0.4, 0.5) is 0 Å². The largest absolute Gasteiger partial charge is 0.507 e. The van der Waals surface area contributed by atoms with Gasteiger partial charge in [0.25, 0.3) is 0 Å². The molecule has 124 valence electrons. The van der Waals surface area contributed by atoms with E-state index in [9.17, 15) is 5.11 Å². The number of hydrogen-bond acceptors (Lipinski definition) is 4. The van der Waals surface area contributed by atoms with E-state index in [4.69, 9.17) is 9.47 Å². The van der Waals surface area contributed by atoms with E-state index in [0.717, 1.165) is 34.7 Å². The van der Waals surface area contributed by atoms with Gasteiger partial charge in [-0.1, -0.05) is 18.2 Å². The van der Waals surface area contributed by atoms with Crippen molar-refractivity contribution >= 4 is 0 Å². The Hall–Kier alpha value is -2.95. The zero-order valence-corrected chi connectivity index (χ0v) is 13.8. The predicted molar refractivity (Wildman–Crippen MR) is 92.6 cm³/mol. The van der Waals surface area contributed by atoms with Crippen LogP contribution < -0.4 is 9.47 Å². The zero-order valence-electron chi connectivity index (χ0n) is 13.8. The summed E-state index contributed by atoms with van der Waals surface area (Å²) in [5.74, 6) is 1.69. The van der Waals surface area contributed by atoms with Crippen molar-refractivity contribution < 1.29 is 14.6 Å². The van der Waals surface area contributed by atoms with Crippen LogP contribution in [-0.4, -0.2) is 29.1 Å². The first-order chi connectivity index (χ1) is 11.7. The Kier molecular flexibility index (Phi) is 4.70. The minimum Gasteiger partial charge on any atom is -0.507 e. The molecule has 5 nitrogen and oxygen atoms in total. The highest BCUT2D eigenvalue weighted by Crippen LogP contribution is 2.30. The maximum absolute atomic E-state index is 10.0. The molecule has 0 unspecified atom stereocenters. The second-order valence-electron chi connectivity index (χ2n) is 5.40. The Balaban J connectivity index is 1.79. The fraction of sp³-hybridized carbons (Fsp3) is 0.211. The minimum absolute atomic E-state index is 0.255. The van der Waals surface area contributed by atoms with Crippen LogP contribution in [0.3, 0.4) is 0 Å². The molecule has 3 rings (SSSR count). The van der Waals surface area contributed by atoms with Gasteiger partial charge in [0.05, 0.1) is 19.9 Å². The third-order valence-electron chi connectivity index (χ3n) is 3.96. The van der Waals surface area contributed by atoms with Crippen molar-refractivity contribution in [3.63, 3.8) is 0 Å². The van der Waals surface area contributed by atoms with Gasteiger partial charge in [0.1, 0.15) is 5.75 Å². The Bertz CT molecular complexity index is 827. The molecule has 0 fully saturated rings. The summed E-state index contributed by atoms with van der Waals surface area (Å²) >= 11 is 0. The van der Waals surface area contributed by atoms with Gasteiger partial charge in [-0.2, -0.15) is 5.10 Å². The number of benzene rings is 2. The molecule has 0 spiro atoms. The van der Waals surface area contributed by atoms with Crippen LogP contribution in [0.2, 0.25) is 0 Å². The summed E-state index contributed by atoms with van der Waals surface area (Å²) in [6, 6.07) is 15.1. The summed E-state index contributed by atoms with van der Waals surface area (Å²) in [4.78, 5) is 0. The summed E-state index contributed by atoms with van der Waals surface area (Å²) in [7, 11) is 3.26. The first kappa shape index (κ1) is 15.9. The molecule has 1 aromatic heterocycles. The number of phenolic OH excluding ortho intramolecular Hbond substituents is 1. The van der Waals surface area contributed by atoms with Crippen LogP contribution in [0, 0.1) is 0 Å². The van der Waals surface area contributed by atoms with Gasteiger partial charge in [-0.15, -0.1) is 0 Å². The molecule has 0 saturated carbocycles. The summed E-state index contributed by atoms with van der Waals surface area (Å²) in [5, 5.41) is 14.4. The van der Waals surface area contributed by atoms with Crippen molar-refractivity contribution in [2.75, 3.05) is 14.2 Å². The molecule has 0 atom stereocenters. The molecule has 2 aromatic carbocycles. The van der Waals surface area contributed by atoms with Crippen molar-refractivity contribution in [1.29, 1.82) is 0 Å². The Labute approximate surface area is 141 Å². The van der Waals surface area contributed by atoms with E-state index < -0.39 is 0 Å². The highest BCUT2D eigenvalue weighted by atomic mass is 16.5. The fourth-order valence-corrected chi connectivity index (χ4v) is 2.70. The average molecular weight is 324 g/mol. The topological polar surface area (TPSA) is 56.5 Å². The Morgan fingerprint density at radius 2 is 1.79 bits per heavy atom. The number of aromatic nitrogens is 2. The number of rotatable bonds is 6. The SMILES string of the molecule is COc1ccc(CCn2nccc2-c2ccccc2O)cc1OC. The van der Waals surface area contributed by atoms with Gasteiger partial charge < -0.3 is 14.6 Å². The monoisotopic (exact) mass is 324 g/mol. The molecule has 5 heteroatoms. The van der Waals surface area contributed by atoms with Crippen LogP contribution in [0.15, 0.2) is 54.7 Å². The van der Waals surface area contributed by atoms with E-state index in [0.29, 0.717) is 6.54 Å². The summed E-state index contributed by atoms with van der Waals surface area (Å²) < 4.78 is 12.5. The van der Waals surface area contributed by atoms with Crippen molar-refractivity contribution in [2.24, 2.45) is 0 Å². The molecule has 0 radical (unpaired) electrons. The lowest BCUT2D eigenvalue weighted by atomic mass is 10.1. The molecule has 0 aliphatic heterocycles. The maximum Gasteiger partial charge on any atom is 0.160 e. The number of phenols is 1. The van der Waals surface area contributed by atoms with Gasteiger partial charge in [0, 0.05) is 18.3 Å².